The van der Waals surface area contributed by atoms with Crippen LogP contribution in [0.3, 0.4) is 0 Å². The molecule has 6 N–H and O–H groups in total. The lowest BCUT2D eigenvalue weighted by Crippen LogP contribution is -2.52. The van der Waals surface area contributed by atoms with E-state index in [1.807, 2.05) is 24.3 Å². The lowest BCUT2D eigenvalue weighted by Gasteiger charge is -2.33. The maximum Gasteiger partial charge on any atom is 0.111 e. The van der Waals surface area contributed by atoms with Crippen molar-refractivity contribution in [2.75, 3.05) is 6.61 Å². The largest absolute Gasteiger partial charge is 0.394 e. The molecule has 0 bridgehead atoms. The van der Waals surface area contributed by atoms with Gasteiger partial charge in [0, 0.05) is 0 Å². The van der Waals surface area contributed by atoms with E-state index in [9.17, 15) is 25.5 Å². The first kappa shape index (κ1) is 28.4. The smallest absolute Gasteiger partial charge is 0.111 e. The molecule has 190 valence electrons. The summed E-state index contributed by atoms with van der Waals surface area (Å²) < 4.78 is 0. The van der Waals surface area contributed by atoms with Gasteiger partial charge in [-0.2, -0.15) is 0 Å². The molecule has 0 saturated carbocycles. The molecule has 0 saturated heterocycles. The fourth-order valence-electron chi connectivity index (χ4n) is 4.49. The quantitative estimate of drug-likeness (QED) is 0.249. The monoisotopic (exact) mass is 474 g/mol. The Kier molecular flexibility index (Phi) is 11.6. The zero-order chi connectivity index (χ0) is 25.3. The molecule has 0 aliphatic carbocycles. The molecular formula is C28H42O6. The lowest BCUT2D eigenvalue weighted by atomic mass is 9.80. The number of aliphatic hydroxyl groups excluding tert-OH is 6. The molecule has 34 heavy (non-hydrogen) atoms. The van der Waals surface area contributed by atoms with Crippen LogP contribution in [0.25, 0.3) is 0 Å². The average Bonchev–Trinajstić information content (AvgIpc) is 2.86. The summed E-state index contributed by atoms with van der Waals surface area (Å²) in [6.07, 6.45) is -4.37. The standard InChI is InChI=1S/C28H42O6/c1-4-19-6-10-21(11-7-19)14-18(3)15-23(16-22-12-8-20(5-2)9-13-22)25(31)27(33)28(34)26(32)24(30)17-29/h6-13,18,23-34H,4-5,14-17H2,1-3H3/t18?,23?,24-,25?,26+,27+,28-/m0/s1. The second-order valence-electron chi connectivity index (χ2n) is 9.56. The van der Waals surface area contributed by atoms with Gasteiger partial charge < -0.3 is 30.6 Å². The van der Waals surface area contributed by atoms with Crippen molar-refractivity contribution in [1.82, 2.24) is 0 Å². The van der Waals surface area contributed by atoms with Gasteiger partial charge in [-0.15, -0.1) is 0 Å². The van der Waals surface area contributed by atoms with Crippen LogP contribution >= 0.6 is 0 Å². The molecule has 3 unspecified atom stereocenters. The Morgan fingerprint density at radius 3 is 1.44 bits per heavy atom. The Labute approximate surface area is 203 Å². The van der Waals surface area contributed by atoms with Gasteiger partial charge in [-0.3, -0.25) is 0 Å². The molecule has 0 amide bonds. The van der Waals surface area contributed by atoms with Crippen LogP contribution in [-0.2, 0) is 25.7 Å². The predicted molar refractivity (Wildman–Crippen MR) is 133 cm³/mol. The molecule has 0 spiro atoms. The Morgan fingerprint density at radius 1 is 0.588 bits per heavy atom. The van der Waals surface area contributed by atoms with Crippen LogP contribution in [0.15, 0.2) is 48.5 Å². The van der Waals surface area contributed by atoms with Crippen LogP contribution in [-0.4, -0.2) is 67.8 Å². The van der Waals surface area contributed by atoms with E-state index >= 15 is 0 Å². The summed E-state index contributed by atoms with van der Waals surface area (Å²) in [5, 5.41) is 60.7. The third kappa shape index (κ3) is 8.15. The van der Waals surface area contributed by atoms with E-state index in [1.165, 1.54) is 16.7 Å². The number of aliphatic hydroxyl groups is 6. The second kappa shape index (κ2) is 13.9. The SMILES string of the molecule is CCc1ccc(CC(C)CC(Cc2ccc(CC)cc2)C(O)[C@@H](O)[C@@H](O)[C@H](O)[C@@H](O)CO)cc1. The van der Waals surface area contributed by atoms with Crippen LogP contribution < -0.4 is 0 Å². The third-order valence-corrected chi connectivity index (χ3v) is 6.76. The average molecular weight is 475 g/mol. The normalized spacial score (nSPS) is 18.0. The molecule has 2 rings (SSSR count). The van der Waals surface area contributed by atoms with Crippen molar-refractivity contribution in [3.8, 4) is 0 Å². The summed E-state index contributed by atoms with van der Waals surface area (Å²) in [7, 11) is 0. The highest BCUT2D eigenvalue weighted by Crippen LogP contribution is 2.27. The maximum absolute atomic E-state index is 11.0. The van der Waals surface area contributed by atoms with Gasteiger partial charge in [-0.25, -0.2) is 0 Å². The van der Waals surface area contributed by atoms with Crippen molar-refractivity contribution < 1.29 is 30.6 Å². The van der Waals surface area contributed by atoms with Crippen LogP contribution in [0.4, 0.5) is 0 Å². The van der Waals surface area contributed by atoms with E-state index < -0.39 is 37.1 Å². The summed E-state index contributed by atoms with van der Waals surface area (Å²) >= 11 is 0. The molecule has 0 aromatic heterocycles. The Bertz CT molecular complexity index is 822. The van der Waals surface area contributed by atoms with Gasteiger partial charge in [0.15, 0.2) is 0 Å². The fourth-order valence-corrected chi connectivity index (χ4v) is 4.49. The van der Waals surface area contributed by atoms with E-state index in [1.54, 1.807) is 0 Å². The molecule has 2 aromatic rings. The molecule has 7 atom stereocenters. The van der Waals surface area contributed by atoms with Gasteiger partial charge in [-0.05, 0) is 66.2 Å². The van der Waals surface area contributed by atoms with Crippen molar-refractivity contribution in [1.29, 1.82) is 0 Å². The minimum absolute atomic E-state index is 0.194. The first-order valence-electron chi connectivity index (χ1n) is 12.4. The van der Waals surface area contributed by atoms with Gasteiger partial charge in [0.1, 0.15) is 24.4 Å². The van der Waals surface area contributed by atoms with E-state index in [0.29, 0.717) is 12.8 Å². The Morgan fingerprint density at radius 2 is 1.00 bits per heavy atom. The van der Waals surface area contributed by atoms with Crippen LogP contribution in [0.2, 0.25) is 0 Å². The highest BCUT2D eigenvalue weighted by Gasteiger charge is 2.37. The van der Waals surface area contributed by atoms with Gasteiger partial charge in [-0.1, -0.05) is 69.3 Å². The minimum atomic E-state index is -1.79. The zero-order valence-corrected chi connectivity index (χ0v) is 20.6. The van der Waals surface area contributed by atoms with E-state index in [-0.39, 0.29) is 11.8 Å². The van der Waals surface area contributed by atoms with Gasteiger partial charge in [0.2, 0.25) is 0 Å². The van der Waals surface area contributed by atoms with Gasteiger partial charge in [0.25, 0.3) is 0 Å². The van der Waals surface area contributed by atoms with Crippen LogP contribution in [0.5, 0.6) is 0 Å². The number of hydrogen-bond acceptors (Lipinski definition) is 6. The molecule has 0 aliphatic rings. The van der Waals surface area contributed by atoms with Crippen molar-refractivity contribution >= 4 is 0 Å². The zero-order valence-electron chi connectivity index (χ0n) is 20.6. The van der Waals surface area contributed by atoms with Crippen molar-refractivity contribution in [3.05, 3.63) is 70.8 Å². The first-order chi connectivity index (χ1) is 16.2. The summed E-state index contributed by atoms with van der Waals surface area (Å²) in [6, 6.07) is 16.6. The molecule has 6 heteroatoms. The third-order valence-electron chi connectivity index (χ3n) is 6.76. The van der Waals surface area contributed by atoms with Crippen molar-refractivity contribution in [2.45, 2.75) is 83.4 Å². The molecule has 0 aliphatic heterocycles. The highest BCUT2D eigenvalue weighted by molar-refractivity contribution is 5.24. The molecule has 0 fully saturated rings. The lowest BCUT2D eigenvalue weighted by molar-refractivity contribution is -0.149. The van der Waals surface area contributed by atoms with Crippen molar-refractivity contribution in [2.24, 2.45) is 11.8 Å². The number of aryl methyl sites for hydroxylation is 2. The predicted octanol–water partition coefficient (Wildman–Crippen LogP) is 2.04. The van der Waals surface area contributed by atoms with Crippen LogP contribution in [0, 0.1) is 11.8 Å². The summed E-state index contributed by atoms with van der Waals surface area (Å²) in [6.45, 7) is 5.54. The topological polar surface area (TPSA) is 121 Å². The molecule has 6 nitrogen and oxygen atoms in total. The van der Waals surface area contributed by atoms with Crippen LogP contribution in [0.1, 0.15) is 49.4 Å². The Balaban J connectivity index is 2.17. The van der Waals surface area contributed by atoms with E-state index in [4.69, 9.17) is 5.11 Å². The molecule has 2 aromatic carbocycles. The fraction of sp³-hybridized carbons (Fsp3) is 0.571. The Hall–Kier alpha value is -1.80. The maximum atomic E-state index is 11.0. The number of rotatable bonds is 14. The van der Waals surface area contributed by atoms with Gasteiger partial charge in [0.05, 0.1) is 12.7 Å². The van der Waals surface area contributed by atoms with Gasteiger partial charge >= 0.3 is 0 Å². The first-order valence-corrected chi connectivity index (χ1v) is 12.4. The highest BCUT2D eigenvalue weighted by atomic mass is 16.4. The number of benzene rings is 2. The molecule has 0 heterocycles. The molecule has 0 radical (unpaired) electrons. The summed E-state index contributed by atoms with van der Waals surface area (Å²) in [4.78, 5) is 0. The number of hydrogen-bond donors (Lipinski definition) is 6. The molecular weight excluding hydrogens is 432 g/mol. The summed E-state index contributed by atoms with van der Waals surface area (Å²) in [5.74, 6) is -0.195. The second-order valence-corrected chi connectivity index (χ2v) is 9.56. The summed E-state index contributed by atoms with van der Waals surface area (Å²) in [5.41, 5.74) is 4.70. The van der Waals surface area contributed by atoms with Crippen molar-refractivity contribution in [3.63, 3.8) is 0 Å². The minimum Gasteiger partial charge on any atom is -0.394 e. The van der Waals surface area contributed by atoms with E-state index in [0.717, 1.165) is 24.8 Å². The van der Waals surface area contributed by atoms with E-state index in [2.05, 4.69) is 45.0 Å².